The molecule has 2 aromatic rings. The third-order valence-corrected chi connectivity index (χ3v) is 2.60. The fourth-order valence-electron chi connectivity index (χ4n) is 1.61. The van der Waals surface area contributed by atoms with E-state index in [4.69, 9.17) is 4.74 Å². The van der Waals surface area contributed by atoms with Gasteiger partial charge in [-0.15, -0.1) is 5.10 Å². The normalized spacial score (nSPS) is 11.1. The third-order valence-electron chi connectivity index (χ3n) is 2.60. The molecule has 1 aromatic carbocycles. The topological polar surface area (TPSA) is 64.9 Å². The first-order valence-electron chi connectivity index (χ1n) is 5.86. The summed E-state index contributed by atoms with van der Waals surface area (Å²) in [6, 6.07) is 0.120. The van der Waals surface area contributed by atoms with Crippen molar-refractivity contribution in [1.29, 1.82) is 0 Å². The van der Waals surface area contributed by atoms with E-state index in [1.807, 2.05) is 0 Å². The van der Waals surface area contributed by atoms with Crippen molar-refractivity contribution in [2.75, 3.05) is 20.3 Å². The largest absolute Gasteiger partial charge is 0.383 e. The molecular formula is C11H11F4N5O. The lowest BCUT2D eigenvalue weighted by atomic mass is 10.2. The minimum atomic E-state index is -1.57. The molecule has 0 saturated carbocycles. The molecule has 0 atom stereocenters. The Morgan fingerprint density at radius 3 is 2.48 bits per heavy atom. The van der Waals surface area contributed by atoms with Crippen molar-refractivity contribution < 1.29 is 22.3 Å². The highest BCUT2D eigenvalue weighted by molar-refractivity contribution is 5.36. The van der Waals surface area contributed by atoms with Crippen molar-refractivity contribution in [2.24, 2.45) is 0 Å². The maximum atomic E-state index is 13.7. The Kier molecular flexibility index (Phi) is 4.81. The highest BCUT2D eigenvalue weighted by atomic mass is 19.2. The van der Waals surface area contributed by atoms with E-state index in [0.717, 1.165) is 0 Å². The number of nitrogens with zero attached hydrogens (tertiary/aromatic N) is 4. The molecule has 0 fully saturated rings. The molecule has 10 heteroatoms. The molecule has 0 amide bonds. The van der Waals surface area contributed by atoms with E-state index in [-0.39, 0.29) is 18.4 Å². The summed E-state index contributed by atoms with van der Waals surface area (Å²) in [4.78, 5) is 0. The van der Waals surface area contributed by atoms with Gasteiger partial charge in [-0.05, 0) is 10.4 Å². The van der Waals surface area contributed by atoms with E-state index in [1.54, 1.807) is 0 Å². The quantitative estimate of drug-likeness (QED) is 0.489. The van der Waals surface area contributed by atoms with Gasteiger partial charge < -0.3 is 10.1 Å². The molecule has 0 bridgehead atoms. The van der Waals surface area contributed by atoms with Crippen molar-refractivity contribution in [1.82, 2.24) is 25.5 Å². The molecule has 21 heavy (non-hydrogen) atoms. The van der Waals surface area contributed by atoms with E-state index >= 15 is 0 Å². The van der Waals surface area contributed by atoms with E-state index in [2.05, 4.69) is 20.8 Å². The van der Waals surface area contributed by atoms with Gasteiger partial charge in [0, 0.05) is 19.7 Å². The average Bonchev–Trinajstić information content (AvgIpc) is 2.90. The Labute approximate surface area is 116 Å². The fraction of sp³-hybridized carbons (Fsp3) is 0.364. The monoisotopic (exact) mass is 305 g/mol. The van der Waals surface area contributed by atoms with Crippen LogP contribution in [0.2, 0.25) is 0 Å². The van der Waals surface area contributed by atoms with Gasteiger partial charge in [0.2, 0.25) is 0 Å². The first-order chi connectivity index (χ1) is 10.1. The van der Waals surface area contributed by atoms with Crippen LogP contribution in [0.25, 0.3) is 5.69 Å². The molecular weight excluding hydrogens is 294 g/mol. The zero-order valence-electron chi connectivity index (χ0n) is 10.9. The second-order valence-corrected chi connectivity index (χ2v) is 3.99. The van der Waals surface area contributed by atoms with Crippen LogP contribution in [0.4, 0.5) is 17.6 Å². The van der Waals surface area contributed by atoms with Crippen LogP contribution in [-0.2, 0) is 11.3 Å². The second-order valence-electron chi connectivity index (χ2n) is 3.99. The van der Waals surface area contributed by atoms with E-state index in [0.29, 0.717) is 17.8 Å². The third kappa shape index (κ3) is 3.16. The van der Waals surface area contributed by atoms with Gasteiger partial charge in [-0.2, -0.15) is 4.68 Å². The minimum absolute atomic E-state index is 0.00565. The summed E-state index contributed by atoms with van der Waals surface area (Å²) in [5.41, 5.74) is -0.999. The maximum Gasteiger partial charge on any atom is 0.187 e. The maximum absolute atomic E-state index is 13.7. The van der Waals surface area contributed by atoms with Gasteiger partial charge in [0.15, 0.2) is 29.1 Å². The first-order valence-corrected chi connectivity index (χ1v) is 5.86. The molecule has 0 aliphatic heterocycles. The van der Waals surface area contributed by atoms with E-state index in [1.165, 1.54) is 7.11 Å². The van der Waals surface area contributed by atoms with Gasteiger partial charge in [-0.1, -0.05) is 0 Å². The van der Waals surface area contributed by atoms with Gasteiger partial charge in [-0.25, -0.2) is 17.6 Å². The predicted octanol–water partition coefficient (Wildman–Crippen LogP) is 0.955. The van der Waals surface area contributed by atoms with Crippen LogP contribution in [0, 0.1) is 23.3 Å². The van der Waals surface area contributed by atoms with Crippen molar-refractivity contribution in [3.8, 4) is 5.69 Å². The Hall–Kier alpha value is -2.07. The van der Waals surface area contributed by atoms with E-state index in [9.17, 15) is 17.6 Å². The molecule has 1 aromatic heterocycles. The van der Waals surface area contributed by atoms with Crippen molar-refractivity contribution >= 4 is 0 Å². The fourth-order valence-corrected chi connectivity index (χ4v) is 1.61. The Morgan fingerprint density at radius 2 is 1.86 bits per heavy atom. The lowest BCUT2D eigenvalue weighted by Gasteiger charge is -2.09. The minimum Gasteiger partial charge on any atom is -0.383 e. The smallest absolute Gasteiger partial charge is 0.187 e. The van der Waals surface area contributed by atoms with Gasteiger partial charge in [0.1, 0.15) is 5.69 Å². The molecule has 6 nitrogen and oxygen atoms in total. The standard InChI is InChI=1S/C11H11F4N5O/c1-21-3-2-16-5-8-17-18-19-20(8)11-9(14)6(12)4-7(13)10(11)15/h4,16H,2-3,5H2,1H3. The highest BCUT2D eigenvalue weighted by Crippen LogP contribution is 2.22. The summed E-state index contributed by atoms with van der Waals surface area (Å²) < 4.78 is 59.2. The second kappa shape index (κ2) is 6.59. The van der Waals surface area contributed by atoms with Crippen LogP contribution in [-0.4, -0.2) is 40.5 Å². The Bertz CT molecular complexity index is 607. The number of halogens is 4. The first kappa shape index (κ1) is 15.3. The molecule has 0 unspecified atom stereocenters. The summed E-state index contributed by atoms with van der Waals surface area (Å²) in [7, 11) is 1.51. The van der Waals surface area contributed by atoms with Gasteiger partial charge in [0.05, 0.1) is 13.2 Å². The number of ether oxygens (including phenoxy) is 1. The highest BCUT2D eigenvalue weighted by Gasteiger charge is 2.23. The lowest BCUT2D eigenvalue weighted by molar-refractivity contribution is 0.199. The number of aromatic nitrogens is 4. The molecule has 0 spiro atoms. The summed E-state index contributed by atoms with van der Waals surface area (Å²) in [5, 5.41) is 13.0. The van der Waals surface area contributed by atoms with Gasteiger partial charge in [0.25, 0.3) is 0 Å². The average molecular weight is 305 g/mol. The van der Waals surface area contributed by atoms with Crippen molar-refractivity contribution in [2.45, 2.75) is 6.54 Å². The molecule has 1 N–H and O–H groups in total. The van der Waals surface area contributed by atoms with Crippen LogP contribution in [0.3, 0.4) is 0 Å². The molecule has 2 rings (SSSR count). The molecule has 0 aliphatic carbocycles. The van der Waals surface area contributed by atoms with Crippen LogP contribution < -0.4 is 5.32 Å². The summed E-state index contributed by atoms with van der Waals surface area (Å²) in [6.45, 7) is 0.873. The molecule has 1 heterocycles. The number of hydrogen-bond donors (Lipinski definition) is 1. The lowest BCUT2D eigenvalue weighted by Crippen LogP contribution is -2.22. The zero-order chi connectivity index (χ0) is 15.4. The molecule has 114 valence electrons. The van der Waals surface area contributed by atoms with Gasteiger partial charge >= 0.3 is 0 Å². The van der Waals surface area contributed by atoms with Crippen molar-refractivity contribution in [3.63, 3.8) is 0 Å². The van der Waals surface area contributed by atoms with Crippen LogP contribution in [0.5, 0.6) is 0 Å². The van der Waals surface area contributed by atoms with Crippen LogP contribution in [0.15, 0.2) is 6.07 Å². The number of nitrogens with one attached hydrogen (secondary N) is 1. The number of rotatable bonds is 6. The SMILES string of the molecule is COCCNCc1nnnn1-c1c(F)c(F)cc(F)c1F. The summed E-state index contributed by atoms with van der Waals surface area (Å²) in [5.74, 6) is -6.21. The molecule has 0 radical (unpaired) electrons. The number of hydrogen-bond acceptors (Lipinski definition) is 5. The van der Waals surface area contributed by atoms with Crippen LogP contribution >= 0.6 is 0 Å². The van der Waals surface area contributed by atoms with E-state index < -0.39 is 29.0 Å². The molecule has 0 saturated heterocycles. The Balaban J connectivity index is 2.33. The van der Waals surface area contributed by atoms with Crippen LogP contribution in [0.1, 0.15) is 5.82 Å². The predicted molar refractivity (Wildman–Crippen MR) is 62.6 cm³/mol. The number of methoxy groups -OCH3 is 1. The van der Waals surface area contributed by atoms with Gasteiger partial charge in [-0.3, -0.25) is 0 Å². The van der Waals surface area contributed by atoms with Crippen molar-refractivity contribution in [3.05, 3.63) is 35.2 Å². The summed E-state index contributed by atoms with van der Waals surface area (Å²) >= 11 is 0. The zero-order valence-corrected chi connectivity index (χ0v) is 10.9. The summed E-state index contributed by atoms with van der Waals surface area (Å²) in [6.07, 6.45) is 0. The number of benzene rings is 1. The Morgan fingerprint density at radius 1 is 1.19 bits per heavy atom. The molecule has 0 aliphatic rings. The number of tetrazole rings is 1.